The fourth-order valence-electron chi connectivity index (χ4n) is 4.24. The summed E-state index contributed by atoms with van der Waals surface area (Å²) in [5.74, 6) is -0.0550. The number of rotatable bonds is 3. The predicted molar refractivity (Wildman–Crippen MR) is 122 cm³/mol. The van der Waals surface area contributed by atoms with Crippen molar-refractivity contribution in [1.29, 1.82) is 0 Å². The number of aryl methyl sites for hydroxylation is 2. The van der Waals surface area contributed by atoms with Crippen molar-refractivity contribution < 1.29 is 8.78 Å². The second-order valence-corrected chi connectivity index (χ2v) is 7.85. The highest BCUT2D eigenvalue weighted by molar-refractivity contribution is 5.97. The molecule has 0 aliphatic rings. The van der Waals surface area contributed by atoms with Crippen LogP contribution >= 0.6 is 0 Å². The Morgan fingerprint density at radius 1 is 0.912 bits per heavy atom. The minimum atomic E-state index is -0.597. The van der Waals surface area contributed by atoms with E-state index in [1.807, 2.05) is 32.0 Å². The number of H-pyrrole nitrogens is 1. The smallest absolute Gasteiger partial charge is 0.163 e. The Kier molecular flexibility index (Phi) is 4.41. The average molecular weight is 454 g/mol. The number of nitrogens with zero attached hydrogens (tertiary/aromatic N) is 7. The fourth-order valence-corrected chi connectivity index (χ4v) is 4.24. The SMILES string of the molecule is Cc1cc(-c2cc(-c3nnc[nH]3)c3nc(C)n(-c4ccnc5c(F)ccc(F)c45)c3c2)ncn1. The Morgan fingerprint density at radius 3 is 2.56 bits per heavy atom. The quantitative estimate of drug-likeness (QED) is 0.416. The summed E-state index contributed by atoms with van der Waals surface area (Å²) in [6.07, 6.45) is 4.45. The lowest BCUT2D eigenvalue weighted by molar-refractivity contribution is 0.615. The van der Waals surface area contributed by atoms with Crippen molar-refractivity contribution in [3.05, 3.63) is 78.4 Å². The van der Waals surface area contributed by atoms with E-state index in [4.69, 9.17) is 4.98 Å². The maximum atomic E-state index is 15.0. The van der Waals surface area contributed by atoms with Crippen LogP contribution in [0.4, 0.5) is 8.78 Å². The molecule has 0 aliphatic carbocycles. The summed E-state index contributed by atoms with van der Waals surface area (Å²) < 4.78 is 31.2. The number of halogens is 2. The molecule has 1 N–H and O–H groups in total. The maximum absolute atomic E-state index is 15.0. The molecule has 8 nitrogen and oxygen atoms in total. The van der Waals surface area contributed by atoms with Gasteiger partial charge in [-0.2, -0.15) is 0 Å². The van der Waals surface area contributed by atoms with Gasteiger partial charge >= 0.3 is 0 Å². The minimum absolute atomic E-state index is 0.0446. The molecule has 166 valence electrons. The monoisotopic (exact) mass is 454 g/mol. The molecular weight excluding hydrogens is 438 g/mol. The van der Waals surface area contributed by atoms with Crippen LogP contribution < -0.4 is 0 Å². The first-order chi connectivity index (χ1) is 16.5. The van der Waals surface area contributed by atoms with Crippen LogP contribution in [0.25, 0.3) is 50.3 Å². The molecule has 34 heavy (non-hydrogen) atoms. The third-order valence-electron chi connectivity index (χ3n) is 5.71. The summed E-state index contributed by atoms with van der Waals surface area (Å²) in [6.45, 7) is 3.69. The van der Waals surface area contributed by atoms with Crippen molar-refractivity contribution in [2.75, 3.05) is 0 Å². The van der Waals surface area contributed by atoms with Crippen LogP contribution in [0, 0.1) is 25.5 Å². The summed E-state index contributed by atoms with van der Waals surface area (Å²) in [5.41, 5.74) is 4.70. The van der Waals surface area contributed by atoms with Crippen molar-refractivity contribution >= 4 is 21.9 Å². The van der Waals surface area contributed by atoms with Gasteiger partial charge in [-0.25, -0.2) is 23.7 Å². The van der Waals surface area contributed by atoms with Crippen LogP contribution in [0.1, 0.15) is 11.5 Å². The van der Waals surface area contributed by atoms with Gasteiger partial charge in [0.15, 0.2) is 5.82 Å². The normalized spacial score (nSPS) is 11.5. The number of imidazole rings is 1. The summed E-state index contributed by atoms with van der Waals surface area (Å²) in [5, 5.41) is 8.15. The Bertz CT molecular complexity index is 1710. The Morgan fingerprint density at radius 2 is 1.76 bits per heavy atom. The van der Waals surface area contributed by atoms with Crippen LogP contribution in [0.3, 0.4) is 0 Å². The van der Waals surface area contributed by atoms with E-state index >= 15 is 0 Å². The van der Waals surface area contributed by atoms with Gasteiger partial charge < -0.3 is 4.98 Å². The molecular formula is C24H16F2N8. The van der Waals surface area contributed by atoms with Gasteiger partial charge in [0.2, 0.25) is 0 Å². The lowest BCUT2D eigenvalue weighted by Gasteiger charge is -2.12. The molecule has 0 saturated heterocycles. The number of fused-ring (bicyclic) bond motifs is 2. The molecule has 0 unspecified atom stereocenters. The van der Waals surface area contributed by atoms with Crippen LogP contribution in [0.5, 0.6) is 0 Å². The van der Waals surface area contributed by atoms with E-state index in [9.17, 15) is 8.78 Å². The van der Waals surface area contributed by atoms with Gasteiger partial charge in [0.1, 0.15) is 41.1 Å². The molecule has 6 aromatic rings. The van der Waals surface area contributed by atoms with E-state index in [0.29, 0.717) is 39.6 Å². The lowest BCUT2D eigenvalue weighted by atomic mass is 10.0. The molecule has 2 aromatic carbocycles. The second kappa shape index (κ2) is 7.48. The number of aromatic amines is 1. The summed E-state index contributed by atoms with van der Waals surface area (Å²) in [7, 11) is 0. The summed E-state index contributed by atoms with van der Waals surface area (Å²) in [4.78, 5) is 20.5. The van der Waals surface area contributed by atoms with Crippen molar-refractivity contribution in [1.82, 2.24) is 39.7 Å². The second-order valence-electron chi connectivity index (χ2n) is 7.85. The molecule has 4 heterocycles. The summed E-state index contributed by atoms with van der Waals surface area (Å²) in [6, 6.07) is 9.54. The van der Waals surface area contributed by atoms with E-state index in [-0.39, 0.29) is 10.9 Å². The molecule has 0 saturated carbocycles. The summed E-state index contributed by atoms with van der Waals surface area (Å²) >= 11 is 0. The number of nitrogens with one attached hydrogen (secondary N) is 1. The Balaban J connectivity index is 1.73. The fraction of sp³-hybridized carbons (Fsp3) is 0.0833. The molecule has 0 spiro atoms. The number of benzene rings is 2. The van der Waals surface area contributed by atoms with Gasteiger partial charge in [0, 0.05) is 23.0 Å². The molecule has 0 atom stereocenters. The van der Waals surface area contributed by atoms with E-state index in [1.165, 1.54) is 18.9 Å². The molecule has 6 rings (SSSR count). The van der Waals surface area contributed by atoms with Gasteiger partial charge in [-0.3, -0.25) is 9.55 Å². The van der Waals surface area contributed by atoms with Crippen molar-refractivity contribution in [3.63, 3.8) is 0 Å². The van der Waals surface area contributed by atoms with Gasteiger partial charge in [-0.05, 0) is 50.2 Å². The predicted octanol–water partition coefficient (Wildman–Crippen LogP) is 4.71. The molecule has 0 amide bonds. The number of aromatic nitrogens is 8. The highest BCUT2D eigenvalue weighted by Crippen LogP contribution is 2.35. The average Bonchev–Trinajstić information content (AvgIpc) is 3.48. The van der Waals surface area contributed by atoms with E-state index in [0.717, 1.165) is 23.4 Å². The van der Waals surface area contributed by atoms with Gasteiger partial charge in [-0.1, -0.05) is 0 Å². The zero-order chi connectivity index (χ0) is 23.4. The minimum Gasteiger partial charge on any atom is -0.327 e. The van der Waals surface area contributed by atoms with Crippen LogP contribution in [-0.2, 0) is 0 Å². The highest BCUT2D eigenvalue weighted by Gasteiger charge is 2.21. The van der Waals surface area contributed by atoms with E-state index in [2.05, 4.69) is 30.1 Å². The molecule has 0 aliphatic heterocycles. The van der Waals surface area contributed by atoms with Crippen molar-refractivity contribution in [3.8, 4) is 28.3 Å². The van der Waals surface area contributed by atoms with Gasteiger partial charge in [0.05, 0.1) is 22.3 Å². The molecule has 0 fully saturated rings. The van der Waals surface area contributed by atoms with Gasteiger partial charge in [0.25, 0.3) is 0 Å². The first kappa shape index (κ1) is 20.0. The standard InChI is InChI=1S/C24H16F2N8/c1-12-7-18(29-10-28-12)14-8-15(24-30-11-31-33-24)22-20(9-14)34(13(2)32-22)19-5-6-27-23-17(26)4-3-16(25)21(19)23/h3-11H,1-2H3,(H,30,31,33). The molecule has 10 heteroatoms. The third kappa shape index (κ3) is 3.03. The van der Waals surface area contributed by atoms with Crippen LogP contribution in [-0.4, -0.2) is 39.7 Å². The van der Waals surface area contributed by atoms with Gasteiger partial charge in [-0.15, -0.1) is 10.2 Å². The van der Waals surface area contributed by atoms with Crippen LogP contribution in [0.15, 0.2) is 55.2 Å². The Labute approximate surface area is 191 Å². The maximum Gasteiger partial charge on any atom is 0.163 e. The first-order valence-electron chi connectivity index (χ1n) is 10.4. The van der Waals surface area contributed by atoms with E-state index < -0.39 is 11.6 Å². The largest absolute Gasteiger partial charge is 0.327 e. The van der Waals surface area contributed by atoms with Crippen molar-refractivity contribution in [2.45, 2.75) is 13.8 Å². The topological polar surface area (TPSA) is 98.1 Å². The molecule has 0 radical (unpaired) electrons. The number of hydrogen-bond donors (Lipinski definition) is 1. The number of hydrogen-bond acceptors (Lipinski definition) is 6. The Hall–Kier alpha value is -4.60. The lowest BCUT2D eigenvalue weighted by Crippen LogP contribution is -2.01. The highest BCUT2D eigenvalue weighted by atomic mass is 19.1. The molecule has 0 bridgehead atoms. The zero-order valence-corrected chi connectivity index (χ0v) is 18.1. The first-order valence-corrected chi connectivity index (χ1v) is 10.4. The van der Waals surface area contributed by atoms with E-state index in [1.54, 1.807) is 10.6 Å². The van der Waals surface area contributed by atoms with Crippen molar-refractivity contribution in [2.24, 2.45) is 0 Å². The zero-order valence-electron chi connectivity index (χ0n) is 18.1. The molecule has 4 aromatic heterocycles. The third-order valence-corrected chi connectivity index (χ3v) is 5.71. The number of pyridine rings is 1. The van der Waals surface area contributed by atoms with Crippen LogP contribution in [0.2, 0.25) is 0 Å².